The number of carbonyl (C=O) groups excluding carboxylic acids is 1. The van der Waals surface area contributed by atoms with Gasteiger partial charge >= 0.3 is 11.7 Å². The van der Waals surface area contributed by atoms with Crippen LogP contribution in [0, 0.1) is 17.5 Å². The maximum Gasteiger partial charge on any atom is 0.377 e. The summed E-state index contributed by atoms with van der Waals surface area (Å²) in [5.41, 5.74) is -1.66. The molecule has 10 heteroatoms. The number of aromatic nitrogens is 4. The molecule has 1 fully saturated rings. The molecule has 0 unspecified atom stereocenters. The molecule has 0 radical (unpaired) electrons. The quantitative estimate of drug-likeness (QED) is 0.615. The van der Waals surface area contributed by atoms with Crippen molar-refractivity contribution in [1.29, 1.82) is 0 Å². The number of amides is 1. The second-order valence-electron chi connectivity index (χ2n) is 6.14. The van der Waals surface area contributed by atoms with E-state index in [1.54, 1.807) is 6.92 Å². The van der Waals surface area contributed by atoms with E-state index in [1.165, 1.54) is 4.90 Å². The van der Waals surface area contributed by atoms with Crippen LogP contribution in [0.1, 0.15) is 39.0 Å². The van der Waals surface area contributed by atoms with Gasteiger partial charge in [0.2, 0.25) is 0 Å². The van der Waals surface area contributed by atoms with E-state index in [4.69, 9.17) is 0 Å². The molecule has 0 N–H and O–H groups in total. The van der Waals surface area contributed by atoms with Gasteiger partial charge in [-0.05, 0) is 42.3 Å². The fourth-order valence-electron chi connectivity index (χ4n) is 3.26. The summed E-state index contributed by atoms with van der Waals surface area (Å²) >= 11 is 0. The minimum Gasteiger partial charge on any atom is -0.320 e. The molecule has 0 atom stereocenters. The van der Waals surface area contributed by atoms with Crippen LogP contribution in [0.15, 0.2) is 16.9 Å². The zero-order valence-corrected chi connectivity index (χ0v) is 14.2. The molecule has 1 heterocycles. The highest BCUT2D eigenvalue weighted by molar-refractivity contribution is 5.75. The molecule has 7 nitrogen and oxygen atoms in total. The van der Waals surface area contributed by atoms with Crippen LogP contribution in [0.5, 0.6) is 0 Å². The lowest BCUT2D eigenvalue weighted by atomic mass is 9.94. The lowest BCUT2D eigenvalue weighted by Crippen LogP contribution is -2.47. The molecule has 1 aliphatic rings. The van der Waals surface area contributed by atoms with E-state index in [2.05, 4.69) is 10.4 Å². The van der Waals surface area contributed by atoms with Crippen LogP contribution >= 0.6 is 0 Å². The smallest absolute Gasteiger partial charge is 0.320 e. The Labute approximate surface area is 147 Å². The van der Waals surface area contributed by atoms with Crippen molar-refractivity contribution in [2.45, 2.75) is 45.1 Å². The lowest BCUT2D eigenvalue weighted by molar-refractivity contribution is 0.157. The van der Waals surface area contributed by atoms with E-state index in [9.17, 15) is 22.8 Å². The molecule has 2 aromatic rings. The number of hydrogen-bond acceptors (Lipinski definition) is 4. The van der Waals surface area contributed by atoms with Crippen LogP contribution in [-0.2, 0) is 0 Å². The average Bonchev–Trinajstić information content (AvgIpc) is 3.02. The van der Waals surface area contributed by atoms with Gasteiger partial charge in [-0.1, -0.05) is 19.3 Å². The molecule has 1 amide bonds. The number of hydrogen-bond donors (Lipinski definition) is 0. The number of benzene rings is 1. The highest BCUT2D eigenvalue weighted by Gasteiger charge is 2.28. The number of tetrazole rings is 1. The van der Waals surface area contributed by atoms with Crippen LogP contribution in [0.4, 0.5) is 18.0 Å². The monoisotopic (exact) mass is 369 g/mol. The highest BCUT2D eigenvalue weighted by atomic mass is 19.2. The largest absolute Gasteiger partial charge is 0.377 e. The summed E-state index contributed by atoms with van der Waals surface area (Å²) in [5, 5.41) is 6.93. The first kappa shape index (κ1) is 18.2. The first-order valence-corrected chi connectivity index (χ1v) is 8.45. The molecule has 140 valence electrons. The van der Waals surface area contributed by atoms with Gasteiger partial charge in [0.05, 0.1) is 0 Å². The maximum absolute atomic E-state index is 13.9. The second kappa shape index (κ2) is 7.30. The van der Waals surface area contributed by atoms with E-state index in [0.29, 0.717) is 22.0 Å². The Balaban J connectivity index is 1.95. The van der Waals surface area contributed by atoms with Gasteiger partial charge in [0.15, 0.2) is 17.5 Å². The third-order valence-electron chi connectivity index (χ3n) is 4.61. The van der Waals surface area contributed by atoms with Gasteiger partial charge in [0.25, 0.3) is 0 Å². The van der Waals surface area contributed by atoms with Crippen molar-refractivity contribution >= 4 is 6.03 Å². The minimum absolute atomic E-state index is 0.00157. The molecule has 1 aliphatic carbocycles. The van der Waals surface area contributed by atoms with Crippen molar-refractivity contribution in [1.82, 2.24) is 24.7 Å². The predicted octanol–water partition coefficient (Wildman–Crippen LogP) is 2.47. The number of carbonyl (C=O) groups is 1. The summed E-state index contributed by atoms with van der Waals surface area (Å²) in [7, 11) is 0. The Bertz CT molecular complexity index is 873. The molecular formula is C16H18F3N5O2. The van der Waals surface area contributed by atoms with Gasteiger partial charge in [-0.2, -0.15) is 4.68 Å². The van der Waals surface area contributed by atoms with Gasteiger partial charge in [-0.25, -0.2) is 22.8 Å². The first-order valence-electron chi connectivity index (χ1n) is 8.45. The molecule has 1 saturated carbocycles. The van der Waals surface area contributed by atoms with E-state index in [-0.39, 0.29) is 6.04 Å². The lowest BCUT2D eigenvalue weighted by Gasteiger charge is -2.32. The third-order valence-corrected chi connectivity index (χ3v) is 4.61. The highest BCUT2D eigenvalue weighted by Crippen LogP contribution is 2.23. The summed E-state index contributed by atoms with van der Waals surface area (Å²) in [6, 6.07) is 0.857. The zero-order chi connectivity index (χ0) is 18.8. The SMILES string of the molecule is CCN(C(=O)n1nnn(-c2ccc(F)c(F)c2F)c1=O)C1CCCCC1. The van der Waals surface area contributed by atoms with Gasteiger partial charge in [0, 0.05) is 12.6 Å². The van der Waals surface area contributed by atoms with Crippen LogP contribution in [0.2, 0.25) is 0 Å². The molecule has 0 spiro atoms. The molecule has 1 aromatic carbocycles. The van der Waals surface area contributed by atoms with Crippen molar-refractivity contribution in [3.63, 3.8) is 0 Å². The molecule has 3 rings (SSSR count). The summed E-state index contributed by atoms with van der Waals surface area (Å²) in [6.45, 7) is 2.17. The molecule has 26 heavy (non-hydrogen) atoms. The topological polar surface area (TPSA) is 73.0 Å². The van der Waals surface area contributed by atoms with Gasteiger partial charge < -0.3 is 4.90 Å². The summed E-state index contributed by atoms with van der Waals surface area (Å²) < 4.78 is 41.3. The predicted molar refractivity (Wildman–Crippen MR) is 85.5 cm³/mol. The third kappa shape index (κ3) is 3.11. The van der Waals surface area contributed by atoms with Gasteiger partial charge in [-0.15, -0.1) is 4.68 Å². The summed E-state index contributed by atoms with van der Waals surface area (Å²) in [4.78, 5) is 26.7. The van der Waals surface area contributed by atoms with E-state index < -0.39 is 34.9 Å². The van der Waals surface area contributed by atoms with E-state index >= 15 is 0 Å². The summed E-state index contributed by atoms with van der Waals surface area (Å²) in [5.74, 6) is -4.70. The molecule has 0 saturated heterocycles. The second-order valence-corrected chi connectivity index (χ2v) is 6.14. The fraction of sp³-hybridized carbons (Fsp3) is 0.500. The Kier molecular flexibility index (Phi) is 5.10. The Morgan fingerprint density at radius 2 is 1.85 bits per heavy atom. The van der Waals surface area contributed by atoms with Crippen molar-refractivity contribution in [3.05, 3.63) is 40.1 Å². The summed E-state index contributed by atoms with van der Waals surface area (Å²) in [6.07, 6.45) is 4.76. The van der Waals surface area contributed by atoms with E-state index in [1.807, 2.05) is 0 Å². The van der Waals surface area contributed by atoms with Crippen molar-refractivity contribution < 1.29 is 18.0 Å². The Morgan fingerprint density at radius 1 is 1.15 bits per heavy atom. The standard InChI is InChI=1S/C16H18F3N5O2/c1-2-22(10-6-4-3-5-7-10)15(25)24-16(26)23(20-21-24)12-9-8-11(17)13(18)14(12)19/h8-10H,2-7H2,1H3. The van der Waals surface area contributed by atoms with Crippen LogP contribution in [-0.4, -0.2) is 43.3 Å². The van der Waals surface area contributed by atoms with Crippen molar-refractivity contribution in [3.8, 4) is 5.69 Å². The van der Waals surface area contributed by atoms with E-state index in [0.717, 1.165) is 38.2 Å². The van der Waals surface area contributed by atoms with Crippen LogP contribution in [0.3, 0.4) is 0 Å². The molecular weight excluding hydrogens is 351 g/mol. The zero-order valence-electron chi connectivity index (χ0n) is 14.2. The Hall–Kier alpha value is -2.65. The van der Waals surface area contributed by atoms with Crippen molar-refractivity contribution in [2.75, 3.05) is 6.54 Å². The number of rotatable bonds is 3. The van der Waals surface area contributed by atoms with Crippen molar-refractivity contribution in [2.24, 2.45) is 0 Å². The number of halogens is 3. The van der Waals surface area contributed by atoms with Gasteiger partial charge in [0.1, 0.15) is 5.69 Å². The normalized spacial score (nSPS) is 15.2. The minimum atomic E-state index is -1.73. The molecule has 0 bridgehead atoms. The first-order chi connectivity index (χ1) is 12.5. The average molecular weight is 369 g/mol. The van der Waals surface area contributed by atoms with Crippen LogP contribution in [0.25, 0.3) is 5.69 Å². The van der Waals surface area contributed by atoms with Crippen LogP contribution < -0.4 is 5.69 Å². The Morgan fingerprint density at radius 3 is 2.50 bits per heavy atom. The van der Waals surface area contributed by atoms with Gasteiger partial charge in [-0.3, -0.25) is 0 Å². The number of nitrogens with zero attached hydrogens (tertiary/aromatic N) is 5. The molecule has 0 aliphatic heterocycles. The fourth-order valence-corrected chi connectivity index (χ4v) is 3.26. The maximum atomic E-state index is 13.9. The molecule has 1 aromatic heterocycles.